The van der Waals surface area contributed by atoms with E-state index in [4.69, 9.17) is 4.74 Å². The van der Waals surface area contributed by atoms with E-state index in [1.807, 2.05) is 12.1 Å². The largest absolute Gasteiger partial charge is 0.379 e. The van der Waals surface area contributed by atoms with E-state index >= 15 is 0 Å². The van der Waals surface area contributed by atoms with Crippen LogP contribution >= 0.6 is 0 Å². The quantitative estimate of drug-likeness (QED) is 0.886. The number of hydrogen-bond acceptors (Lipinski definition) is 5. The molecule has 0 unspecified atom stereocenters. The fraction of sp³-hybridized carbons (Fsp3) is 0.438. The average molecular weight is 315 g/mol. The van der Waals surface area contributed by atoms with E-state index in [1.54, 1.807) is 7.05 Å². The number of morpholine rings is 1. The molecule has 0 bridgehead atoms. The van der Waals surface area contributed by atoms with Crippen molar-refractivity contribution in [3.05, 3.63) is 35.7 Å². The van der Waals surface area contributed by atoms with Gasteiger partial charge in [-0.1, -0.05) is 24.3 Å². The zero-order chi connectivity index (χ0) is 16.2. The highest BCUT2D eigenvalue weighted by Crippen LogP contribution is 2.23. The third kappa shape index (κ3) is 3.40. The van der Waals surface area contributed by atoms with Gasteiger partial charge in [-0.25, -0.2) is 4.98 Å². The number of ether oxygens (including phenoxy) is 1. The molecule has 1 amide bonds. The van der Waals surface area contributed by atoms with Gasteiger partial charge >= 0.3 is 0 Å². The van der Waals surface area contributed by atoms with Crippen molar-refractivity contribution in [2.75, 3.05) is 33.4 Å². The van der Waals surface area contributed by atoms with Crippen LogP contribution in [0.3, 0.4) is 0 Å². The number of nitrogens with zero attached hydrogens (tertiary/aromatic N) is 3. The van der Waals surface area contributed by atoms with Crippen molar-refractivity contribution in [2.45, 2.75) is 13.0 Å². The van der Waals surface area contributed by atoms with Gasteiger partial charge in [-0.3, -0.25) is 14.8 Å². The molecule has 1 atom stereocenters. The maximum absolute atomic E-state index is 11.5. The SMILES string of the molecule is CNC(=O)c1nc(-c2ccc([C@@H](C)N3CCOCC3)cc2)n[nH]1. The first kappa shape index (κ1) is 15.6. The predicted octanol–water partition coefficient (Wildman–Crippen LogP) is 1.22. The second-order valence-corrected chi connectivity index (χ2v) is 5.53. The van der Waals surface area contributed by atoms with E-state index in [2.05, 4.69) is 44.5 Å². The van der Waals surface area contributed by atoms with Crippen molar-refractivity contribution in [2.24, 2.45) is 0 Å². The van der Waals surface area contributed by atoms with Gasteiger partial charge in [0.15, 0.2) is 5.82 Å². The summed E-state index contributed by atoms with van der Waals surface area (Å²) < 4.78 is 5.40. The second kappa shape index (κ2) is 6.89. The summed E-state index contributed by atoms with van der Waals surface area (Å²) in [6, 6.07) is 8.50. The molecule has 0 saturated carbocycles. The van der Waals surface area contributed by atoms with Crippen LogP contribution in [0.2, 0.25) is 0 Å². The number of hydrogen-bond donors (Lipinski definition) is 2. The van der Waals surface area contributed by atoms with Gasteiger partial charge in [0.1, 0.15) is 0 Å². The minimum absolute atomic E-state index is 0.216. The third-order valence-electron chi connectivity index (χ3n) is 4.17. The van der Waals surface area contributed by atoms with Gasteiger partial charge in [-0.2, -0.15) is 5.10 Å². The molecule has 2 N–H and O–H groups in total. The Bertz CT molecular complexity index is 661. The first-order valence-electron chi connectivity index (χ1n) is 7.75. The van der Waals surface area contributed by atoms with Crippen LogP contribution in [0.15, 0.2) is 24.3 Å². The molecule has 23 heavy (non-hydrogen) atoms. The van der Waals surface area contributed by atoms with Gasteiger partial charge in [0, 0.05) is 31.7 Å². The third-order valence-corrected chi connectivity index (χ3v) is 4.17. The molecule has 1 aliphatic rings. The number of rotatable bonds is 4. The van der Waals surface area contributed by atoms with Crippen molar-refractivity contribution in [1.82, 2.24) is 25.4 Å². The Morgan fingerprint density at radius 1 is 1.30 bits per heavy atom. The molecule has 1 saturated heterocycles. The molecule has 0 spiro atoms. The van der Waals surface area contributed by atoms with Gasteiger partial charge in [-0.05, 0) is 12.5 Å². The zero-order valence-electron chi connectivity index (χ0n) is 13.4. The Kier molecular flexibility index (Phi) is 4.68. The summed E-state index contributed by atoms with van der Waals surface area (Å²) in [4.78, 5) is 18.1. The van der Waals surface area contributed by atoms with Crippen molar-refractivity contribution in [3.63, 3.8) is 0 Å². The Morgan fingerprint density at radius 2 is 2.00 bits per heavy atom. The van der Waals surface area contributed by atoms with E-state index in [0.717, 1.165) is 31.9 Å². The maximum atomic E-state index is 11.5. The molecule has 3 rings (SSSR count). The molecule has 1 aromatic heterocycles. The van der Waals surface area contributed by atoms with E-state index in [-0.39, 0.29) is 11.7 Å². The summed E-state index contributed by atoms with van der Waals surface area (Å²) >= 11 is 0. The summed E-state index contributed by atoms with van der Waals surface area (Å²) in [5, 5.41) is 9.26. The number of nitrogens with one attached hydrogen (secondary N) is 2. The monoisotopic (exact) mass is 315 g/mol. The highest BCUT2D eigenvalue weighted by atomic mass is 16.5. The van der Waals surface area contributed by atoms with Crippen LogP contribution < -0.4 is 5.32 Å². The minimum Gasteiger partial charge on any atom is -0.379 e. The summed E-state index contributed by atoms with van der Waals surface area (Å²) in [7, 11) is 1.56. The van der Waals surface area contributed by atoms with E-state index in [0.29, 0.717) is 11.9 Å². The molecule has 1 fully saturated rings. The van der Waals surface area contributed by atoms with Crippen molar-refractivity contribution in [3.8, 4) is 11.4 Å². The van der Waals surface area contributed by atoms with Gasteiger partial charge in [-0.15, -0.1) is 0 Å². The predicted molar refractivity (Wildman–Crippen MR) is 86.0 cm³/mol. The number of H-pyrrole nitrogens is 1. The number of carbonyl (C=O) groups excluding carboxylic acids is 1. The van der Waals surface area contributed by atoms with Crippen LogP contribution in [0.4, 0.5) is 0 Å². The molecule has 1 aromatic carbocycles. The Hall–Kier alpha value is -2.25. The summed E-state index contributed by atoms with van der Waals surface area (Å²) in [6.07, 6.45) is 0. The first-order chi connectivity index (χ1) is 11.2. The smallest absolute Gasteiger partial charge is 0.288 e. The van der Waals surface area contributed by atoms with Crippen LogP contribution in [0.25, 0.3) is 11.4 Å². The number of aromatic nitrogens is 3. The Morgan fingerprint density at radius 3 is 2.65 bits per heavy atom. The molecule has 2 heterocycles. The molecular formula is C16H21N5O2. The number of amides is 1. The summed E-state index contributed by atoms with van der Waals surface area (Å²) in [6.45, 7) is 5.71. The topological polar surface area (TPSA) is 83.1 Å². The van der Waals surface area contributed by atoms with Crippen molar-refractivity contribution < 1.29 is 9.53 Å². The van der Waals surface area contributed by atoms with Crippen LogP contribution in [0.5, 0.6) is 0 Å². The molecule has 1 aliphatic heterocycles. The van der Waals surface area contributed by atoms with E-state index in [9.17, 15) is 4.79 Å². The molecule has 122 valence electrons. The van der Waals surface area contributed by atoms with Crippen molar-refractivity contribution >= 4 is 5.91 Å². The normalized spacial score (nSPS) is 17.0. The second-order valence-electron chi connectivity index (χ2n) is 5.53. The molecule has 0 aliphatic carbocycles. The van der Waals surface area contributed by atoms with Gasteiger partial charge in [0.2, 0.25) is 5.82 Å². The van der Waals surface area contributed by atoms with Gasteiger partial charge in [0.25, 0.3) is 5.91 Å². The summed E-state index contributed by atoms with van der Waals surface area (Å²) in [5.41, 5.74) is 2.13. The van der Waals surface area contributed by atoms with Crippen LogP contribution in [0, 0.1) is 0 Å². The van der Waals surface area contributed by atoms with Crippen LogP contribution in [-0.2, 0) is 4.74 Å². The summed E-state index contributed by atoms with van der Waals surface area (Å²) in [5.74, 6) is 0.462. The molecule has 0 radical (unpaired) electrons. The number of aromatic amines is 1. The van der Waals surface area contributed by atoms with E-state index in [1.165, 1.54) is 5.56 Å². The average Bonchev–Trinajstić information content (AvgIpc) is 3.11. The fourth-order valence-corrected chi connectivity index (χ4v) is 2.70. The number of benzene rings is 1. The highest BCUT2D eigenvalue weighted by molar-refractivity contribution is 5.90. The maximum Gasteiger partial charge on any atom is 0.288 e. The lowest BCUT2D eigenvalue weighted by molar-refractivity contribution is 0.0198. The first-order valence-corrected chi connectivity index (χ1v) is 7.75. The standard InChI is InChI=1S/C16H21N5O2/c1-11(21-7-9-23-10-8-21)12-3-5-13(6-4-12)14-18-15(20-19-14)16(22)17-2/h3-6,11H,7-10H2,1-2H3,(H,17,22)(H,18,19,20)/t11-/m1/s1. The van der Waals surface area contributed by atoms with Gasteiger partial charge in [0.05, 0.1) is 13.2 Å². The van der Waals surface area contributed by atoms with Crippen LogP contribution in [0.1, 0.15) is 29.1 Å². The zero-order valence-corrected chi connectivity index (χ0v) is 13.4. The highest BCUT2D eigenvalue weighted by Gasteiger charge is 2.18. The fourth-order valence-electron chi connectivity index (χ4n) is 2.70. The van der Waals surface area contributed by atoms with Crippen LogP contribution in [-0.4, -0.2) is 59.3 Å². The lowest BCUT2D eigenvalue weighted by Crippen LogP contribution is -2.37. The van der Waals surface area contributed by atoms with Crippen molar-refractivity contribution in [1.29, 1.82) is 0 Å². The van der Waals surface area contributed by atoms with E-state index < -0.39 is 0 Å². The minimum atomic E-state index is -0.277. The molecule has 2 aromatic rings. The number of carbonyl (C=O) groups is 1. The Balaban J connectivity index is 1.73. The Labute approximate surface area is 135 Å². The molecule has 7 nitrogen and oxygen atoms in total. The van der Waals surface area contributed by atoms with Gasteiger partial charge < -0.3 is 10.1 Å². The molecule has 7 heteroatoms. The lowest BCUT2D eigenvalue weighted by Gasteiger charge is -2.32. The molecular weight excluding hydrogens is 294 g/mol. The lowest BCUT2D eigenvalue weighted by atomic mass is 10.0.